The van der Waals surface area contributed by atoms with Crippen LogP contribution >= 0.6 is 0 Å². The van der Waals surface area contributed by atoms with E-state index in [-0.39, 0.29) is 5.56 Å². The number of aryl methyl sites for hydroxylation is 2. The normalized spacial score (nSPS) is 11.0. The van der Waals surface area contributed by atoms with Crippen molar-refractivity contribution in [3.63, 3.8) is 0 Å². The maximum atomic E-state index is 12.6. The minimum atomic E-state index is -0.0637. The van der Waals surface area contributed by atoms with E-state index in [4.69, 9.17) is 0 Å². The molecule has 0 saturated carbocycles. The SMILES string of the molecule is CCn1c(NCc2ccccc2)nc2c(C)nn(C)c2c1=O. The maximum Gasteiger partial charge on any atom is 0.281 e. The molecule has 2 heterocycles. The molecule has 0 fully saturated rings. The van der Waals surface area contributed by atoms with E-state index in [2.05, 4.69) is 15.4 Å². The largest absolute Gasteiger partial charge is 0.351 e. The average Bonchev–Trinajstić information content (AvgIpc) is 2.81. The van der Waals surface area contributed by atoms with Crippen LogP contribution in [0.1, 0.15) is 18.2 Å². The Morgan fingerprint density at radius 1 is 1.23 bits per heavy atom. The molecule has 0 spiro atoms. The fraction of sp³-hybridized carbons (Fsp3) is 0.312. The van der Waals surface area contributed by atoms with Crippen LogP contribution in [0, 0.1) is 6.92 Å². The smallest absolute Gasteiger partial charge is 0.281 e. The van der Waals surface area contributed by atoms with Crippen LogP contribution < -0.4 is 10.9 Å². The molecule has 0 bridgehead atoms. The number of benzene rings is 1. The van der Waals surface area contributed by atoms with E-state index in [9.17, 15) is 4.79 Å². The Labute approximate surface area is 128 Å². The van der Waals surface area contributed by atoms with Crippen molar-refractivity contribution in [3.8, 4) is 0 Å². The lowest BCUT2D eigenvalue weighted by Crippen LogP contribution is -2.25. The van der Waals surface area contributed by atoms with Gasteiger partial charge in [-0.3, -0.25) is 14.0 Å². The van der Waals surface area contributed by atoms with Gasteiger partial charge in [-0.25, -0.2) is 4.98 Å². The second-order valence-corrected chi connectivity index (χ2v) is 5.23. The highest BCUT2D eigenvalue weighted by atomic mass is 16.1. The summed E-state index contributed by atoms with van der Waals surface area (Å²) in [5.41, 5.74) is 3.05. The van der Waals surface area contributed by atoms with Crippen LogP contribution in [0.4, 0.5) is 5.95 Å². The van der Waals surface area contributed by atoms with Gasteiger partial charge < -0.3 is 5.32 Å². The van der Waals surface area contributed by atoms with Gasteiger partial charge in [0.15, 0.2) is 5.52 Å². The van der Waals surface area contributed by atoms with Gasteiger partial charge in [-0.15, -0.1) is 0 Å². The van der Waals surface area contributed by atoms with E-state index in [1.54, 1.807) is 16.3 Å². The first-order chi connectivity index (χ1) is 10.6. The maximum absolute atomic E-state index is 12.6. The number of fused-ring (bicyclic) bond motifs is 1. The lowest BCUT2D eigenvalue weighted by Gasteiger charge is -2.12. The zero-order valence-electron chi connectivity index (χ0n) is 13.0. The van der Waals surface area contributed by atoms with Crippen molar-refractivity contribution in [2.45, 2.75) is 26.9 Å². The first-order valence-corrected chi connectivity index (χ1v) is 7.33. The fourth-order valence-corrected chi connectivity index (χ4v) is 2.62. The van der Waals surface area contributed by atoms with E-state index in [0.717, 1.165) is 11.3 Å². The highest BCUT2D eigenvalue weighted by Gasteiger charge is 2.15. The van der Waals surface area contributed by atoms with Gasteiger partial charge in [0, 0.05) is 20.1 Å². The van der Waals surface area contributed by atoms with E-state index < -0.39 is 0 Å². The Balaban J connectivity index is 2.05. The number of hydrogen-bond acceptors (Lipinski definition) is 4. The van der Waals surface area contributed by atoms with Crippen molar-refractivity contribution < 1.29 is 0 Å². The summed E-state index contributed by atoms with van der Waals surface area (Å²) in [6.45, 7) is 4.99. The molecule has 0 saturated heterocycles. The molecule has 6 heteroatoms. The van der Waals surface area contributed by atoms with E-state index in [1.165, 1.54) is 0 Å². The van der Waals surface area contributed by atoms with Crippen molar-refractivity contribution >= 4 is 17.0 Å². The molecule has 0 aliphatic rings. The first-order valence-electron chi connectivity index (χ1n) is 7.33. The summed E-state index contributed by atoms with van der Waals surface area (Å²) < 4.78 is 3.25. The van der Waals surface area contributed by atoms with E-state index >= 15 is 0 Å². The zero-order valence-corrected chi connectivity index (χ0v) is 13.0. The van der Waals surface area contributed by atoms with Crippen LogP contribution in [0.3, 0.4) is 0 Å². The predicted molar refractivity (Wildman–Crippen MR) is 86.9 cm³/mol. The Kier molecular flexibility index (Phi) is 3.66. The minimum absolute atomic E-state index is 0.0637. The Bertz CT molecular complexity index is 864. The van der Waals surface area contributed by atoms with Crippen molar-refractivity contribution in [3.05, 3.63) is 51.9 Å². The van der Waals surface area contributed by atoms with Crippen LogP contribution in [0.5, 0.6) is 0 Å². The van der Waals surface area contributed by atoms with Crippen molar-refractivity contribution in [2.24, 2.45) is 7.05 Å². The number of hydrogen-bond donors (Lipinski definition) is 1. The molecule has 0 unspecified atom stereocenters. The van der Waals surface area contributed by atoms with Gasteiger partial charge in [0.1, 0.15) is 5.52 Å². The monoisotopic (exact) mass is 297 g/mol. The molecule has 0 atom stereocenters. The summed E-state index contributed by atoms with van der Waals surface area (Å²) in [6, 6.07) is 10.0. The summed E-state index contributed by atoms with van der Waals surface area (Å²) in [4.78, 5) is 17.3. The molecule has 3 rings (SSSR count). The summed E-state index contributed by atoms with van der Waals surface area (Å²) in [5, 5.41) is 7.56. The van der Waals surface area contributed by atoms with E-state index in [0.29, 0.717) is 30.1 Å². The van der Waals surface area contributed by atoms with Gasteiger partial charge in [0.2, 0.25) is 5.95 Å². The molecule has 114 valence electrons. The highest BCUT2D eigenvalue weighted by Crippen LogP contribution is 2.15. The third-order valence-corrected chi connectivity index (χ3v) is 3.72. The molecule has 1 aromatic carbocycles. The Morgan fingerprint density at radius 2 is 1.95 bits per heavy atom. The second kappa shape index (κ2) is 5.63. The lowest BCUT2D eigenvalue weighted by atomic mass is 10.2. The molecule has 22 heavy (non-hydrogen) atoms. The van der Waals surface area contributed by atoms with Crippen molar-refractivity contribution in [2.75, 3.05) is 5.32 Å². The lowest BCUT2D eigenvalue weighted by molar-refractivity contribution is 0.708. The van der Waals surface area contributed by atoms with Crippen LogP contribution in [-0.4, -0.2) is 19.3 Å². The molecule has 0 aliphatic carbocycles. The minimum Gasteiger partial charge on any atom is -0.351 e. The Morgan fingerprint density at radius 3 is 2.64 bits per heavy atom. The number of nitrogens with one attached hydrogen (secondary N) is 1. The van der Waals surface area contributed by atoms with Crippen LogP contribution in [-0.2, 0) is 20.1 Å². The van der Waals surface area contributed by atoms with Gasteiger partial charge in [-0.1, -0.05) is 30.3 Å². The zero-order chi connectivity index (χ0) is 15.7. The first kappa shape index (κ1) is 14.3. The van der Waals surface area contributed by atoms with Crippen molar-refractivity contribution in [1.29, 1.82) is 0 Å². The van der Waals surface area contributed by atoms with Gasteiger partial charge >= 0.3 is 0 Å². The Hall–Kier alpha value is -2.63. The summed E-state index contributed by atoms with van der Waals surface area (Å²) in [7, 11) is 1.77. The molecule has 6 nitrogen and oxygen atoms in total. The molecular formula is C16H19N5O. The quantitative estimate of drug-likeness (QED) is 0.800. The third-order valence-electron chi connectivity index (χ3n) is 3.72. The number of aromatic nitrogens is 4. The third kappa shape index (κ3) is 2.36. The number of nitrogens with zero attached hydrogens (tertiary/aromatic N) is 4. The predicted octanol–water partition coefficient (Wildman–Crippen LogP) is 2.07. The van der Waals surface area contributed by atoms with Gasteiger partial charge in [0.25, 0.3) is 5.56 Å². The van der Waals surface area contributed by atoms with Crippen LogP contribution in [0.15, 0.2) is 35.1 Å². The molecule has 0 radical (unpaired) electrons. The summed E-state index contributed by atoms with van der Waals surface area (Å²) in [5.74, 6) is 0.583. The molecular weight excluding hydrogens is 278 g/mol. The van der Waals surface area contributed by atoms with Crippen LogP contribution in [0.25, 0.3) is 11.0 Å². The van der Waals surface area contributed by atoms with Crippen molar-refractivity contribution in [1.82, 2.24) is 19.3 Å². The van der Waals surface area contributed by atoms with E-state index in [1.807, 2.05) is 44.2 Å². The number of anilines is 1. The number of rotatable bonds is 4. The standard InChI is InChI=1S/C16H19N5O/c1-4-21-15(22)14-13(11(2)19-20(14)3)18-16(21)17-10-12-8-6-5-7-9-12/h5-9H,4,10H2,1-3H3,(H,17,18). The topological polar surface area (TPSA) is 64.7 Å². The summed E-state index contributed by atoms with van der Waals surface area (Å²) in [6.07, 6.45) is 0. The molecule has 3 aromatic rings. The van der Waals surface area contributed by atoms with Gasteiger partial charge in [-0.05, 0) is 19.4 Å². The molecule has 1 N–H and O–H groups in total. The fourth-order valence-electron chi connectivity index (χ4n) is 2.62. The summed E-state index contributed by atoms with van der Waals surface area (Å²) >= 11 is 0. The molecule has 0 amide bonds. The molecule has 2 aromatic heterocycles. The van der Waals surface area contributed by atoms with Crippen LogP contribution in [0.2, 0.25) is 0 Å². The van der Waals surface area contributed by atoms with Gasteiger partial charge in [-0.2, -0.15) is 5.10 Å². The molecule has 0 aliphatic heterocycles. The average molecular weight is 297 g/mol. The highest BCUT2D eigenvalue weighted by molar-refractivity contribution is 5.77. The second-order valence-electron chi connectivity index (χ2n) is 5.23. The van der Waals surface area contributed by atoms with Gasteiger partial charge in [0.05, 0.1) is 5.69 Å².